The van der Waals surface area contributed by atoms with Gasteiger partial charge in [-0.25, -0.2) is 0 Å². The van der Waals surface area contributed by atoms with Crippen molar-refractivity contribution in [3.63, 3.8) is 0 Å². The summed E-state index contributed by atoms with van der Waals surface area (Å²) in [4.78, 5) is 36.0. The summed E-state index contributed by atoms with van der Waals surface area (Å²) in [6.45, 7) is 2.07. The number of nitrogens with zero attached hydrogens (tertiary/aromatic N) is 1. The number of nitrogens with one attached hydrogen (secondary N) is 1. The van der Waals surface area contributed by atoms with Crippen molar-refractivity contribution in [1.29, 1.82) is 0 Å². The molecule has 9 nitrogen and oxygen atoms in total. The molecule has 0 atom stereocenters. The lowest BCUT2D eigenvalue weighted by atomic mass is 9.78. The van der Waals surface area contributed by atoms with E-state index in [4.69, 9.17) is 14.2 Å². The fourth-order valence-corrected chi connectivity index (χ4v) is 4.28. The number of aryl methyl sites for hydroxylation is 1. The summed E-state index contributed by atoms with van der Waals surface area (Å²) >= 11 is 0. The van der Waals surface area contributed by atoms with Crippen LogP contribution in [-0.4, -0.2) is 36.6 Å². The summed E-state index contributed by atoms with van der Waals surface area (Å²) in [5.41, 5.74) is 0.619. The van der Waals surface area contributed by atoms with Crippen LogP contribution in [0.4, 0.5) is 11.4 Å². The third-order valence-electron chi connectivity index (χ3n) is 5.97. The third kappa shape index (κ3) is 4.23. The van der Waals surface area contributed by atoms with Crippen LogP contribution in [0.25, 0.3) is 0 Å². The molecule has 0 radical (unpaired) electrons. The van der Waals surface area contributed by atoms with Gasteiger partial charge in [-0.15, -0.1) is 0 Å². The van der Waals surface area contributed by atoms with Gasteiger partial charge >= 0.3 is 5.97 Å². The Morgan fingerprint density at radius 3 is 2.53 bits per heavy atom. The van der Waals surface area contributed by atoms with Crippen molar-refractivity contribution in [1.82, 2.24) is 0 Å². The Bertz CT molecular complexity index is 1060. The molecule has 0 bridgehead atoms. The van der Waals surface area contributed by atoms with Gasteiger partial charge in [0, 0.05) is 17.3 Å². The Morgan fingerprint density at radius 2 is 1.81 bits per heavy atom. The number of hydrogen-bond donors (Lipinski definition) is 1. The summed E-state index contributed by atoms with van der Waals surface area (Å²) in [6, 6.07) is 9.87. The Balaban J connectivity index is 1.44. The molecule has 1 fully saturated rings. The second kappa shape index (κ2) is 8.86. The van der Waals surface area contributed by atoms with Gasteiger partial charge in [-0.1, -0.05) is 25.0 Å². The van der Waals surface area contributed by atoms with Crippen molar-refractivity contribution in [2.24, 2.45) is 0 Å². The van der Waals surface area contributed by atoms with E-state index in [-0.39, 0.29) is 11.4 Å². The van der Waals surface area contributed by atoms with E-state index in [1.807, 2.05) is 12.1 Å². The molecule has 0 saturated heterocycles. The highest BCUT2D eigenvalue weighted by molar-refractivity contribution is 5.94. The smallest absolute Gasteiger partial charge is 0.317 e. The highest BCUT2D eigenvalue weighted by Gasteiger charge is 2.45. The number of anilines is 1. The Labute approximate surface area is 184 Å². The van der Waals surface area contributed by atoms with Gasteiger partial charge in [0.1, 0.15) is 13.2 Å². The summed E-state index contributed by atoms with van der Waals surface area (Å²) in [5, 5.41) is 13.6. The predicted octanol–water partition coefficient (Wildman–Crippen LogP) is 3.67. The molecule has 2 aliphatic rings. The van der Waals surface area contributed by atoms with Gasteiger partial charge in [0.25, 0.3) is 11.6 Å². The molecule has 1 saturated carbocycles. The molecule has 1 heterocycles. The third-order valence-corrected chi connectivity index (χ3v) is 5.97. The Morgan fingerprint density at radius 1 is 1.09 bits per heavy atom. The Kier molecular flexibility index (Phi) is 5.98. The normalized spacial score (nSPS) is 16.3. The average Bonchev–Trinajstić information content (AvgIpc) is 3.29. The number of benzene rings is 2. The molecule has 2 aromatic rings. The average molecular weight is 440 g/mol. The topological polar surface area (TPSA) is 117 Å². The SMILES string of the molecule is Cc1ccc(NC(=O)COC(=O)C2(c3ccc4c(c3)OCCO4)CCCC2)cc1[N+](=O)[O-]. The largest absolute Gasteiger partial charge is 0.486 e. The first-order valence-corrected chi connectivity index (χ1v) is 10.5. The van der Waals surface area contributed by atoms with E-state index in [0.29, 0.717) is 43.1 Å². The molecule has 1 aliphatic carbocycles. The highest BCUT2D eigenvalue weighted by atomic mass is 16.6. The van der Waals surface area contributed by atoms with Crippen molar-refractivity contribution < 1.29 is 28.7 Å². The standard InChI is InChI=1S/C23H24N2O7/c1-15-4-6-17(13-18(15)25(28)29)24-21(26)14-32-22(27)23(8-2-3-9-23)16-5-7-19-20(12-16)31-11-10-30-19/h4-7,12-13H,2-3,8-11,14H2,1H3,(H,24,26). The number of hydrogen-bond acceptors (Lipinski definition) is 7. The van der Waals surface area contributed by atoms with Gasteiger partial charge in [-0.3, -0.25) is 19.7 Å². The number of ether oxygens (including phenoxy) is 3. The van der Waals surface area contributed by atoms with Crippen LogP contribution in [0.5, 0.6) is 11.5 Å². The zero-order valence-electron chi connectivity index (χ0n) is 17.7. The maximum Gasteiger partial charge on any atom is 0.317 e. The van der Waals surface area contributed by atoms with Gasteiger partial charge in [-0.05, 0) is 43.5 Å². The molecule has 0 aromatic heterocycles. The van der Waals surface area contributed by atoms with Crippen LogP contribution in [-0.2, 0) is 19.7 Å². The quantitative estimate of drug-likeness (QED) is 0.414. The predicted molar refractivity (Wildman–Crippen MR) is 115 cm³/mol. The lowest BCUT2D eigenvalue weighted by Crippen LogP contribution is -2.36. The summed E-state index contributed by atoms with van der Waals surface area (Å²) < 4.78 is 16.6. The first-order valence-electron chi connectivity index (χ1n) is 10.5. The van der Waals surface area contributed by atoms with Crippen molar-refractivity contribution in [2.45, 2.75) is 38.0 Å². The molecular weight excluding hydrogens is 416 g/mol. The van der Waals surface area contributed by atoms with E-state index in [9.17, 15) is 19.7 Å². The van der Waals surface area contributed by atoms with Gasteiger partial charge in [0.15, 0.2) is 18.1 Å². The van der Waals surface area contributed by atoms with Crippen LogP contribution < -0.4 is 14.8 Å². The molecule has 1 N–H and O–H groups in total. The van der Waals surface area contributed by atoms with Crippen LogP contribution in [0, 0.1) is 17.0 Å². The summed E-state index contributed by atoms with van der Waals surface area (Å²) in [7, 11) is 0. The number of carbonyl (C=O) groups is 2. The monoisotopic (exact) mass is 440 g/mol. The number of rotatable bonds is 6. The maximum absolute atomic E-state index is 13.1. The number of nitro benzene ring substituents is 1. The summed E-state index contributed by atoms with van der Waals surface area (Å²) in [6.07, 6.45) is 3.00. The van der Waals surface area contributed by atoms with E-state index in [1.165, 1.54) is 6.07 Å². The number of carbonyl (C=O) groups excluding carboxylic acids is 2. The number of fused-ring (bicyclic) bond motifs is 1. The van der Waals surface area contributed by atoms with E-state index in [0.717, 1.165) is 18.4 Å². The van der Waals surface area contributed by atoms with Crippen molar-refractivity contribution in [2.75, 3.05) is 25.1 Å². The lowest BCUT2D eigenvalue weighted by Gasteiger charge is -2.28. The molecule has 168 valence electrons. The second-order valence-corrected chi connectivity index (χ2v) is 8.03. The van der Waals surface area contributed by atoms with E-state index in [1.54, 1.807) is 25.1 Å². The van der Waals surface area contributed by atoms with E-state index < -0.39 is 28.8 Å². The molecule has 9 heteroatoms. The number of amides is 1. The van der Waals surface area contributed by atoms with E-state index in [2.05, 4.69) is 5.32 Å². The molecule has 1 amide bonds. The molecule has 2 aromatic carbocycles. The molecule has 0 unspecified atom stereocenters. The molecular formula is C23H24N2O7. The maximum atomic E-state index is 13.1. The minimum Gasteiger partial charge on any atom is -0.486 e. The first-order chi connectivity index (χ1) is 15.4. The fourth-order valence-electron chi connectivity index (χ4n) is 4.28. The first kappa shape index (κ1) is 21.6. The van der Waals surface area contributed by atoms with Crippen LogP contribution in [0.3, 0.4) is 0 Å². The number of esters is 1. The van der Waals surface area contributed by atoms with E-state index >= 15 is 0 Å². The minimum absolute atomic E-state index is 0.0942. The zero-order chi connectivity index (χ0) is 22.7. The van der Waals surface area contributed by atoms with Crippen molar-refractivity contribution in [3.05, 3.63) is 57.6 Å². The lowest BCUT2D eigenvalue weighted by molar-refractivity contribution is -0.385. The van der Waals surface area contributed by atoms with Crippen LogP contribution in [0.1, 0.15) is 36.8 Å². The van der Waals surface area contributed by atoms with Crippen LogP contribution in [0.2, 0.25) is 0 Å². The second-order valence-electron chi connectivity index (χ2n) is 8.03. The van der Waals surface area contributed by atoms with Crippen LogP contribution >= 0.6 is 0 Å². The highest BCUT2D eigenvalue weighted by Crippen LogP contribution is 2.45. The van der Waals surface area contributed by atoms with Crippen molar-refractivity contribution >= 4 is 23.3 Å². The minimum atomic E-state index is -0.835. The van der Waals surface area contributed by atoms with Crippen molar-refractivity contribution in [3.8, 4) is 11.5 Å². The summed E-state index contributed by atoms with van der Waals surface area (Å²) in [5.74, 6) is 0.225. The zero-order valence-corrected chi connectivity index (χ0v) is 17.7. The Hall–Kier alpha value is -3.62. The van der Waals surface area contributed by atoms with Gasteiger partial charge < -0.3 is 19.5 Å². The molecule has 1 aliphatic heterocycles. The molecule has 32 heavy (non-hydrogen) atoms. The fraction of sp³-hybridized carbons (Fsp3) is 0.391. The number of nitro groups is 1. The molecule has 4 rings (SSSR count). The van der Waals surface area contributed by atoms with Gasteiger partial charge in [-0.2, -0.15) is 0 Å². The molecule has 0 spiro atoms. The van der Waals surface area contributed by atoms with Gasteiger partial charge in [0.05, 0.1) is 10.3 Å². The van der Waals surface area contributed by atoms with Gasteiger partial charge in [0.2, 0.25) is 0 Å². The van der Waals surface area contributed by atoms with Crippen LogP contribution in [0.15, 0.2) is 36.4 Å².